The first-order valence-corrected chi connectivity index (χ1v) is 13.3. The fourth-order valence-electron chi connectivity index (χ4n) is 3.38. The van der Waals surface area contributed by atoms with Crippen molar-refractivity contribution in [3.05, 3.63) is 48.0 Å². The van der Waals surface area contributed by atoms with Gasteiger partial charge in [0.25, 0.3) is 0 Å². The van der Waals surface area contributed by atoms with Gasteiger partial charge in [0.1, 0.15) is 36.6 Å². The smallest absolute Gasteiger partial charge is 0.744 e. The second-order valence-corrected chi connectivity index (χ2v) is 10.1. The Bertz CT molecular complexity index is 1060. The van der Waals surface area contributed by atoms with Gasteiger partial charge >= 0.3 is 59.1 Å². The van der Waals surface area contributed by atoms with Gasteiger partial charge in [0.15, 0.2) is 0 Å². The van der Waals surface area contributed by atoms with Gasteiger partial charge in [-0.2, -0.15) is 0 Å². The average Bonchev–Trinajstić information content (AvgIpc) is 2.69. The molecule has 0 unspecified atom stereocenters. The van der Waals surface area contributed by atoms with Crippen LogP contribution >= 0.6 is 0 Å². The van der Waals surface area contributed by atoms with E-state index in [1.165, 1.54) is 31.7 Å². The summed E-state index contributed by atoms with van der Waals surface area (Å²) in [6.45, 7) is 2.16. The minimum atomic E-state index is -5.29. The van der Waals surface area contributed by atoms with Gasteiger partial charge in [-0.3, -0.25) is 0 Å². The van der Waals surface area contributed by atoms with Crippen LogP contribution in [0.25, 0.3) is 0 Å². The van der Waals surface area contributed by atoms with Crippen LogP contribution in [-0.4, -0.2) is 25.9 Å². The Morgan fingerprint density at radius 1 is 0.727 bits per heavy atom. The molecule has 0 bridgehead atoms. The summed E-state index contributed by atoms with van der Waals surface area (Å²) in [5.41, 5.74) is 0.372. The molecule has 172 valence electrons. The molecular weight excluding hydrogens is 486 g/mol. The zero-order chi connectivity index (χ0) is 22.9. The molecule has 0 aliphatic heterocycles. The van der Waals surface area contributed by atoms with Crippen molar-refractivity contribution < 1.29 is 89.8 Å². The number of hydrogen-bond acceptors (Lipinski definition) is 7. The minimum Gasteiger partial charge on any atom is -0.744 e. The zero-order valence-electron chi connectivity index (χ0n) is 19.6. The molecule has 0 heterocycles. The van der Waals surface area contributed by atoms with E-state index in [9.17, 15) is 25.9 Å². The zero-order valence-corrected chi connectivity index (χ0v) is 25.2. The largest absolute Gasteiger partial charge is 1.00 e. The molecule has 11 heteroatoms. The third-order valence-corrected chi connectivity index (χ3v) is 6.85. The maximum atomic E-state index is 11.9. The molecular formula is C22H28Na2O7S2. The molecule has 0 radical (unpaired) electrons. The number of rotatable bonds is 13. The van der Waals surface area contributed by atoms with Crippen molar-refractivity contribution in [1.29, 1.82) is 0 Å². The summed E-state index contributed by atoms with van der Waals surface area (Å²) in [5.74, 6) is -0.161. The second-order valence-electron chi connectivity index (χ2n) is 7.43. The maximum Gasteiger partial charge on any atom is 1.00 e. The maximum absolute atomic E-state index is 11.9. The molecule has 2 aromatic carbocycles. The predicted molar refractivity (Wildman–Crippen MR) is 115 cm³/mol. The summed E-state index contributed by atoms with van der Waals surface area (Å²) in [6.07, 6.45) is 8.93. The van der Waals surface area contributed by atoms with Crippen LogP contribution in [0.15, 0.2) is 52.3 Å². The van der Waals surface area contributed by atoms with Gasteiger partial charge in [-0.25, -0.2) is 16.8 Å². The summed E-state index contributed by atoms with van der Waals surface area (Å²) in [7, 11) is -10.5. The Kier molecular flexibility index (Phi) is 16.0. The van der Waals surface area contributed by atoms with E-state index in [0.29, 0.717) is 18.4 Å². The molecule has 0 saturated heterocycles. The predicted octanol–water partition coefficient (Wildman–Crippen LogP) is -1.02. The topological polar surface area (TPSA) is 124 Å². The quantitative estimate of drug-likeness (QED) is 0.190. The number of hydrogen-bond donors (Lipinski definition) is 0. The Morgan fingerprint density at radius 3 is 1.79 bits per heavy atom. The van der Waals surface area contributed by atoms with E-state index >= 15 is 0 Å². The summed E-state index contributed by atoms with van der Waals surface area (Å²) < 4.78 is 76.2. The number of aryl methyl sites for hydroxylation is 1. The van der Waals surface area contributed by atoms with Crippen LogP contribution in [0.3, 0.4) is 0 Å². The number of benzene rings is 2. The van der Waals surface area contributed by atoms with E-state index in [2.05, 4.69) is 6.92 Å². The normalized spacial score (nSPS) is 11.4. The first-order chi connectivity index (χ1) is 14.6. The summed E-state index contributed by atoms with van der Waals surface area (Å²) in [5, 5.41) is 0. The van der Waals surface area contributed by atoms with Crippen LogP contribution in [0.5, 0.6) is 11.5 Å². The fourth-order valence-corrected chi connectivity index (χ4v) is 5.26. The molecule has 7 nitrogen and oxygen atoms in total. The van der Waals surface area contributed by atoms with Gasteiger partial charge in [-0.15, -0.1) is 0 Å². The van der Waals surface area contributed by atoms with Crippen molar-refractivity contribution in [2.45, 2.75) is 74.5 Å². The van der Waals surface area contributed by atoms with Crippen LogP contribution in [0, 0.1) is 0 Å². The molecule has 0 N–H and O–H groups in total. The molecule has 0 aliphatic carbocycles. The molecule has 33 heavy (non-hydrogen) atoms. The number of unbranched alkanes of at least 4 members (excludes halogenated alkanes) is 7. The van der Waals surface area contributed by atoms with Crippen LogP contribution in [0.4, 0.5) is 0 Å². The third kappa shape index (κ3) is 11.1. The molecule has 0 fully saturated rings. The first kappa shape index (κ1) is 33.1. The van der Waals surface area contributed by atoms with Gasteiger partial charge < -0.3 is 13.8 Å². The summed E-state index contributed by atoms with van der Waals surface area (Å²) in [4.78, 5) is -2.21. The van der Waals surface area contributed by atoms with Crippen LogP contribution in [-0.2, 0) is 26.7 Å². The van der Waals surface area contributed by atoms with E-state index < -0.39 is 30.0 Å². The molecule has 0 amide bonds. The van der Waals surface area contributed by atoms with Gasteiger partial charge in [0.2, 0.25) is 0 Å². The summed E-state index contributed by atoms with van der Waals surface area (Å²) >= 11 is 0. The Morgan fingerprint density at radius 2 is 1.27 bits per heavy atom. The second kappa shape index (κ2) is 15.9. The van der Waals surface area contributed by atoms with E-state index in [-0.39, 0.29) is 70.6 Å². The van der Waals surface area contributed by atoms with Gasteiger partial charge in [-0.05, 0) is 36.6 Å². The SMILES string of the molecule is CCCCCCCCCCc1ccc(S(=O)(=O)[O-])c(S(=O)(=O)[O-])c1Oc1ccccc1.[Na+].[Na+]. The van der Waals surface area contributed by atoms with Crippen molar-refractivity contribution in [2.75, 3.05) is 0 Å². The van der Waals surface area contributed by atoms with Crippen molar-refractivity contribution in [3.63, 3.8) is 0 Å². The molecule has 0 aliphatic rings. The molecule has 0 aromatic heterocycles. The Hall–Kier alpha value is 0.0600. The van der Waals surface area contributed by atoms with Gasteiger partial charge in [-0.1, -0.05) is 76.1 Å². The summed E-state index contributed by atoms with van der Waals surface area (Å²) in [6, 6.07) is 10.3. The van der Waals surface area contributed by atoms with Crippen LogP contribution in [0.1, 0.15) is 63.9 Å². The van der Waals surface area contributed by atoms with Gasteiger partial charge in [0.05, 0.1) is 4.90 Å². The van der Waals surface area contributed by atoms with Crippen molar-refractivity contribution in [1.82, 2.24) is 0 Å². The Balaban J connectivity index is 0.00000512. The van der Waals surface area contributed by atoms with Crippen molar-refractivity contribution in [2.24, 2.45) is 0 Å². The van der Waals surface area contributed by atoms with E-state index in [4.69, 9.17) is 4.74 Å². The van der Waals surface area contributed by atoms with Crippen LogP contribution in [0.2, 0.25) is 0 Å². The standard InChI is InChI=1S/C22H30O7S2.2Na/c1-2-3-4-5-6-7-8-10-13-18-16-17-20(30(23,24)25)22(31(26,27)28)21(18)29-19-14-11-9-12-15-19;;/h9,11-12,14-17H,2-8,10,13H2,1H3,(H,23,24,25)(H,26,27,28);;/q;2*+1/p-2. The number of ether oxygens (including phenoxy) is 1. The monoisotopic (exact) mass is 514 g/mol. The van der Waals surface area contributed by atoms with Gasteiger partial charge in [0, 0.05) is 0 Å². The van der Waals surface area contributed by atoms with Crippen molar-refractivity contribution in [3.8, 4) is 11.5 Å². The van der Waals surface area contributed by atoms with E-state index in [1.54, 1.807) is 30.3 Å². The molecule has 0 atom stereocenters. The van der Waals surface area contributed by atoms with E-state index in [0.717, 1.165) is 25.3 Å². The minimum absolute atomic E-state index is 0. The molecule has 2 rings (SSSR count). The molecule has 2 aromatic rings. The molecule has 0 saturated carbocycles. The number of para-hydroxylation sites is 1. The average molecular weight is 515 g/mol. The molecule has 0 spiro atoms. The Labute approximate surface area is 241 Å². The van der Waals surface area contributed by atoms with Crippen molar-refractivity contribution >= 4 is 20.2 Å². The van der Waals surface area contributed by atoms with E-state index in [1.807, 2.05) is 0 Å². The van der Waals surface area contributed by atoms with Crippen LogP contribution < -0.4 is 63.9 Å². The third-order valence-electron chi connectivity index (χ3n) is 4.94. The fraction of sp³-hybridized carbons (Fsp3) is 0.455. The first-order valence-electron chi connectivity index (χ1n) is 10.4.